The molecule has 0 saturated carbocycles. The quantitative estimate of drug-likeness (QED) is 0.553. The van der Waals surface area contributed by atoms with Crippen molar-refractivity contribution in [2.75, 3.05) is 0 Å². The van der Waals surface area contributed by atoms with E-state index < -0.39 is 6.04 Å². The fourth-order valence-electron chi connectivity index (χ4n) is 3.07. The SMILES string of the molecule is CC[C@@H](C)NC(=O)[C@H](CC)N(Cc1ccc(Cl)cc1Cl)C(=O)Cc1ccc(F)cc1. The van der Waals surface area contributed by atoms with Gasteiger partial charge < -0.3 is 10.2 Å². The molecule has 0 unspecified atom stereocenters. The van der Waals surface area contributed by atoms with Gasteiger partial charge in [0, 0.05) is 22.6 Å². The smallest absolute Gasteiger partial charge is 0.243 e. The first-order chi connectivity index (χ1) is 14.2. The Kier molecular flexibility index (Phi) is 9.12. The number of hydrogen-bond acceptors (Lipinski definition) is 2. The van der Waals surface area contributed by atoms with Gasteiger partial charge in [0.1, 0.15) is 11.9 Å². The van der Waals surface area contributed by atoms with Gasteiger partial charge >= 0.3 is 0 Å². The minimum Gasteiger partial charge on any atom is -0.352 e. The number of benzene rings is 2. The minimum absolute atomic E-state index is 0.000259. The van der Waals surface area contributed by atoms with Crippen molar-refractivity contribution in [1.29, 1.82) is 0 Å². The van der Waals surface area contributed by atoms with Crippen LogP contribution >= 0.6 is 23.2 Å². The van der Waals surface area contributed by atoms with E-state index in [1.54, 1.807) is 30.3 Å². The van der Waals surface area contributed by atoms with Crippen LogP contribution in [0.1, 0.15) is 44.7 Å². The van der Waals surface area contributed by atoms with Gasteiger partial charge in [-0.15, -0.1) is 0 Å². The summed E-state index contributed by atoms with van der Waals surface area (Å²) in [5.74, 6) is -0.807. The van der Waals surface area contributed by atoms with E-state index in [-0.39, 0.29) is 36.6 Å². The maximum atomic E-state index is 13.2. The molecule has 0 aliphatic carbocycles. The molecule has 2 rings (SSSR count). The molecular formula is C23H27Cl2FN2O2. The van der Waals surface area contributed by atoms with Gasteiger partial charge in [-0.2, -0.15) is 0 Å². The van der Waals surface area contributed by atoms with Gasteiger partial charge in [-0.05, 0) is 55.2 Å². The second-order valence-corrected chi connectivity index (χ2v) is 8.15. The molecule has 0 spiro atoms. The number of rotatable bonds is 9. The highest BCUT2D eigenvalue weighted by molar-refractivity contribution is 6.35. The van der Waals surface area contributed by atoms with Crippen LogP contribution in [0.4, 0.5) is 4.39 Å². The van der Waals surface area contributed by atoms with Crippen molar-refractivity contribution in [3.63, 3.8) is 0 Å². The molecule has 0 fully saturated rings. The molecule has 1 N–H and O–H groups in total. The number of hydrogen-bond donors (Lipinski definition) is 1. The van der Waals surface area contributed by atoms with E-state index in [9.17, 15) is 14.0 Å². The van der Waals surface area contributed by atoms with Gasteiger partial charge in [0.2, 0.25) is 11.8 Å². The van der Waals surface area contributed by atoms with Crippen molar-refractivity contribution in [2.24, 2.45) is 0 Å². The largest absolute Gasteiger partial charge is 0.352 e. The first-order valence-corrected chi connectivity index (χ1v) is 10.8. The standard InChI is InChI=1S/C23H27Cl2FN2O2/c1-4-15(3)27-23(30)21(5-2)28(14-17-8-9-18(24)13-20(17)25)22(29)12-16-6-10-19(26)11-7-16/h6-11,13,15,21H,4-5,12,14H2,1-3H3,(H,27,30)/t15-,21+/m1/s1. The third kappa shape index (κ3) is 6.71. The predicted molar refractivity (Wildman–Crippen MR) is 119 cm³/mol. The summed E-state index contributed by atoms with van der Waals surface area (Å²) in [5.41, 5.74) is 1.37. The van der Waals surface area contributed by atoms with E-state index in [1.165, 1.54) is 17.0 Å². The lowest BCUT2D eigenvalue weighted by molar-refractivity contribution is -0.141. The molecule has 0 bridgehead atoms. The molecule has 2 atom stereocenters. The van der Waals surface area contributed by atoms with Crippen LogP contribution in [0.15, 0.2) is 42.5 Å². The van der Waals surface area contributed by atoms with Gasteiger partial charge in [-0.3, -0.25) is 9.59 Å². The van der Waals surface area contributed by atoms with Crippen LogP contribution in [0.2, 0.25) is 10.0 Å². The Morgan fingerprint density at radius 2 is 1.73 bits per heavy atom. The lowest BCUT2D eigenvalue weighted by Crippen LogP contribution is -2.51. The first kappa shape index (κ1) is 24.2. The molecule has 30 heavy (non-hydrogen) atoms. The Morgan fingerprint density at radius 3 is 2.30 bits per heavy atom. The van der Waals surface area contributed by atoms with Crippen LogP contribution in [0.5, 0.6) is 0 Å². The molecule has 7 heteroatoms. The topological polar surface area (TPSA) is 49.4 Å². The Balaban J connectivity index is 2.32. The average molecular weight is 453 g/mol. The molecule has 2 amide bonds. The highest BCUT2D eigenvalue weighted by atomic mass is 35.5. The van der Waals surface area contributed by atoms with Gasteiger partial charge in [0.25, 0.3) is 0 Å². The maximum absolute atomic E-state index is 13.2. The van der Waals surface area contributed by atoms with E-state index in [0.29, 0.717) is 27.6 Å². The van der Waals surface area contributed by atoms with Gasteiger partial charge in [0.05, 0.1) is 6.42 Å². The number of amides is 2. The molecule has 0 aromatic heterocycles. The maximum Gasteiger partial charge on any atom is 0.243 e. The zero-order valence-corrected chi connectivity index (χ0v) is 18.9. The normalized spacial score (nSPS) is 12.9. The molecule has 0 saturated heterocycles. The molecule has 0 aliphatic heterocycles. The second kappa shape index (κ2) is 11.3. The third-order valence-electron chi connectivity index (χ3n) is 5.01. The molecule has 0 heterocycles. The van der Waals surface area contributed by atoms with Crippen molar-refractivity contribution >= 4 is 35.0 Å². The summed E-state index contributed by atoms with van der Waals surface area (Å²) in [7, 11) is 0. The monoisotopic (exact) mass is 452 g/mol. The summed E-state index contributed by atoms with van der Waals surface area (Å²) in [5, 5.41) is 3.89. The number of nitrogens with zero attached hydrogens (tertiary/aromatic N) is 1. The van der Waals surface area contributed by atoms with E-state index in [1.807, 2.05) is 20.8 Å². The Hall–Kier alpha value is -2.11. The number of carbonyl (C=O) groups is 2. The van der Waals surface area contributed by atoms with Crippen LogP contribution < -0.4 is 5.32 Å². The van der Waals surface area contributed by atoms with Crippen molar-refractivity contribution in [1.82, 2.24) is 10.2 Å². The van der Waals surface area contributed by atoms with Crippen molar-refractivity contribution in [3.05, 3.63) is 69.5 Å². The Labute approximate surface area is 187 Å². The summed E-state index contributed by atoms with van der Waals surface area (Å²) in [6.45, 7) is 5.94. The fraction of sp³-hybridized carbons (Fsp3) is 0.391. The van der Waals surface area contributed by atoms with E-state index in [0.717, 1.165) is 6.42 Å². The summed E-state index contributed by atoms with van der Waals surface area (Å²) >= 11 is 12.3. The molecule has 2 aromatic carbocycles. The van der Waals surface area contributed by atoms with Crippen LogP contribution in [-0.4, -0.2) is 28.8 Å². The Morgan fingerprint density at radius 1 is 1.07 bits per heavy atom. The van der Waals surface area contributed by atoms with Crippen LogP contribution in [0.3, 0.4) is 0 Å². The molecule has 0 aliphatic rings. The number of nitrogens with one attached hydrogen (secondary N) is 1. The molecule has 4 nitrogen and oxygen atoms in total. The fourth-order valence-corrected chi connectivity index (χ4v) is 3.54. The van der Waals surface area contributed by atoms with Gasteiger partial charge in [-0.1, -0.05) is 55.2 Å². The number of carbonyl (C=O) groups excluding carboxylic acids is 2. The summed E-state index contributed by atoms with van der Waals surface area (Å²) in [4.78, 5) is 27.7. The van der Waals surface area contributed by atoms with E-state index in [2.05, 4.69) is 5.32 Å². The lowest BCUT2D eigenvalue weighted by Gasteiger charge is -2.32. The third-order valence-corrected chi connectivity index (χ3v) is 5.60. The molecular weight excluding hydrogens is 426 g/mol. The zero-order chi connectivity index (χ0) is 22.3. The van der Waals surface area contributed by atoms with Crippen molar-refractivity contribution in [2.45, 2.75) is 58.7 Å². The highest BCUT2D eigenvalue weighted by Gasteiger charge is 2.29. The van der Waals surface area contributed by atoms with Crippen LogP contribution in [0, 0.1) is 5.82 Å². The number of halogens is 3. The first-order valence-electron chi connectivity index (χ1n) is 10.0. The predicted octanol–water partition coefficient (Wildman–Crippen LogP) is 5.40. The average Bonchev–Trinajstić information content (AvgIpc) is 2.70. The summed E-state index contributed by atoms with van der Waals surface area (Å²) in [6, 6.07) is 10.2. The van der Waals surface area contributed by atoms with Crippen molar-refractivity contribution in [3.8, 4) is 0 Å². The van der Waals surface area contributed by atoms with E-state index >= 15 is 0 Å². The molecule has 162 valence electrons. The van der Waals surface area contributed by atoms with E-state index in [4.69, 9.17) is 23.2 Å². The van der Waals surface area contributed by atoms with Crippen LogP contribution in [0.25, 0.3) is 0 Å². The Bertz CT molecular complexity index is 874. The highest BCUT2D eigenvalue weighted by Crippen LogP contribution is 2.24. The van der Waals surface area contributed by atoms with Gasteiger partial charge in [0.15, 0.2) is 0 Å². The molecule has 0 radical (unpaired) electrons. The molecule has 2 aromatic rings. The van der Waals surface area contributed by atoms with Gasteiger partial charge in [-0.25, -0.2) is 4.39 Å². The summed E-state index contributed by atoms with van der Waals surface area (Å²) < 4.78 is 13.2. The van der Waals surface area contributed by atoms with Crippen LogP contribution in [-0.2, 0) is 22.6 Å². The minimum atomic E-state index is -0.654. The zero-order valence-electron chi connectivity index (χ0n) is 17.4. The summed E-state index contributed by atoms with van der Waals surface area (Å²) in [6.07, 6.45) is 1.29. The lowest BCUT2D eigenvalue weighted by atomic mass is 10.1. The van der Waals surface area contributed by atoms with Crippen molar-refractivity contribution < 1.29 is 14.0 Å². The second-order valence-electron chi connectivity index (χ2n) is 7.30.